The molecule has 0 unspecified atom stereocenters. The highest BCUT2D eigenvalue weighted by molar-refractivity contribution is 5.93. The Kier molecular flexibility index (Phi) is 7.09. The molecule has 0 aromatic heterocycles. The van der Waals surface area contributed by atoms with Gasteiger partial charge < -0.3 is 10.2 Å². The van der Waals surface area contributed by atoms with E-state index in [4.69, 9.17) is 0 Å². The van der Waals surface area contributed by atoms with E-state index in [0.29, 0.717) is 24.9 Å². The predicted molar refractivity (Wildman–Crippen MR) is 102 cm³/mol. The number of likely N-dealkylation sites (N-methyl/N-ethyl adjacent to an activating group) is 1. The Morgan fingerprint density at radius 2 is 1.79 bits per heavy atom. The fourth-order valence-electron chi connectivity index (χ4n) is 3.69. The molecule has 0 spiro atoms. The molecule has 8 heteroatoms. The molecule has 28 heavy (non-hydrogen) atoms. The summed E-state index contributed by atoms with van der Waals surface area (Å²) in [4.78, 5) is 28.4. The van der Waals surface area contributed by atoms with Crippen molar-refractivity contribution in [3.63, 3.8) is 0 Å². The number of piperidine rings is 1. The number of likely N-dealkylation sites (tertiary alicyclic amines) is 1. The number of amides is 2. The second-order valence-electron chi connectivity index (χ2n) is 7.87. The number of carbonyl (C=O) groups is 2. The van der Waals surface area contributed by atoms with E-state index in [9.17, 15) is 22.8 Å². The first kappa shape index (κ1) is 22.2. The van der Waals surface area contributed by atoms with Crippen molar-refractivity contribution >= 4 is 17.5 Å². The zero-order valence-corrected chi connectivity index (χ0v) is 16.7. The van der Waals surface area contributed by atoms with Crippen LogP contribution in [0.3, 0.4) is 0 Å². The molecule has 0 bridgehead atoms. The van der Waals surface area contributed by atoms with E-state index in [1.807, 2.05) is 4.90 Å². The molecule has 1 aliphatic heterocycles. The van der Waals surface area contributed by atoms with E-state index in [1.54, 1.807) is 18.9 Å². The normalized spacial score (nSPS) is 21.5. The summed E-state index contributed by atoms with van der Waals surface area (Å²) in [5.74, 6) is 0.184. The zero-order chi connectivity index (χ0) is 21.1. The minimum absolute atomic E-state index is 0.0654. The Balaban J connectivity index is 1.98. The minimum atomic E-state index is -4.55. The van der Waals surface area contributed by atoms with Crippen LogP contribution in [-0.2, 0) is 15.8 Å². The van der Waals surface area contributed by atoms with Gasteiger partial charge in [0.15, 0.2) is 0 Å². The van der Waals surface area contributed by atoms with Gasteiger partial charge in [0.2, 0.25) is 11.8 Å². The van der Waals surface area contributed by atoms with Gasteiger partial charge in [0.25, 0.3) is 0 Å². The second-order valence-corrected chi connectivity index (χ2v) is 7.87. The number of nitrogens with one attached hydrogen (secondary N) is 1. The lowest BCUT2D eigenvalue weighted by Gasteiger charge is -2.38. The fraction of sp³-hybridized carbons (Fsp3) is 0.600. The maximum absolute atomic E-state index is 13.1. The van der Waals surface area contributed by atoms with Gasteiger partial charge in [-0.2, -0.15) is 13.2 Å². The number of para-hydroxylation sites is 1. The molecule has 156 valence electrons. The van der Waals surface area contributed by atoms with Crippen LogP contribution in [-0.4, -0.2) is 54.3 Å². The largest absolute Gasteiger partial charge is 0.418 e. The Labute approximate surface area is 163 Å². The maximum atomic E-state index is 13.1. The van der Waals surface area contributed by atoms with Gasteiger partial charge in [0.1, 0.15) is 0 Å². The Morgan fingerprint density at radius 3 is 2.36 bits per heavy atom. The van der Waals surface area contributed by atoms with Gasteiger partial charge in [0.05, 0.1) is 23.8 Å². The number of rotatable bonds is 5. The molecule has 0 saturated carbocycles. The number of hydrogen-bond donors (Lipinski definition) is 1. The van der Waals surface area contributed by atoms with Crippen LogP contribution in [0.4, 0.5) is 18.9 Å². The highest BCUT2D eigenvalue weighted by Gasteiger charge is 2.34. The van der Waals surface area contributed by atoms with Gasteiger partial charge in [-0.3, -0.25) is 14.5 Å². The summed E-state index contributed by atoms with van der Waals surface area (Å²) in [7, 11) is 1.62. The lowest BCUT2D eigenvalue weighted by Crippen LogP contribution is -2.51. The molecule has 5 nitrogen and oxygen atoms in total. The molecule has 1 fully saturated rings. The predicted octanol–water partition coefficient (Wildman–Crippen LogP) is 3.47. The van der Waals surface area contributed by atoms with Crippen molar-refractivity contribution in [3.05, 3.63) is 29.8 Å². The van der Waals surface area contributed by atoms with Gasteiger partial charge in [-0.1, -0.05) is 26.0 Å². The molecular weight excluding hydrogens is 371 g/mol. The first-order valence-electron chi connectivity index (χ1n) is 9.44. The van der Waals surface area contributed by atoms with Crippen LogP contribution in [0, 0.1) is 11.8 Å². The van der Waals surface area contributed by atoms with Crippen molar-refractivity contribution in [3.8, 4) is 0 Å². The van der Waals surface area contributed by atoms with Crippen molar-refractivity contribution in [1.29, 1.82) is 0 Å². The zero-order valence-electron chi connectivity index (χ0n) is 16.7. The van der Waals surface area contributed by atoms with Crippen molar-refractivity contribution < 1.29 is 22.8 Å². The molecule has 0 radical (unpaired) electrons. The number of nitrogens with zero attached hydrogens (tertiary/aromatic N) is 2. The Morgan fingerprint density at radius 1 is 1.21 bits per heavy atom. The minimum Gasteiger partial charge on any atom is -0.341 e. The van der Waals surface area contributed by atoms with Gasteiger partial charge >= 0.3 is 6.18 Å². The van der Waals surface area contributed by atoms with Crippen molar-refractivity contribution in [2.24, 2.45) is 11.8 Å². The summed E-state index contributed by atoms with van der Waals surface area (Å²) < 4.78 is 39.2. The number of alkyl halides is 3. The topological polar surface area (TPSA) is 52.7 Å². The van der Waals surface area contributed by atoms with Crippen molar-refractivity contribution in [1.82, 2.24) is 9.80 Å². The summed E-state index contributed by atoms with van der Waals surface area (Å²) in [6.07, 6.45) is -3.48. The molecule has 1 N–H and O–H groups in total. The van der Waals surface area contributed by atoms with Crippen molar-refractivity contribution in [2.45, 2.75) is 39.4 Å². The van der Waals surface area contributed by atoms with Crippen LogP contribution < -0.4 is 5.32 Å². The van der Waals surface area contributed by atoms with Crippen molar-refractivity contribution in [2.75, 3.05) is 32.0 Å². The number of benzene rings is 1. The summed E-state index contributed by atoms with van der Waals surface area (Å²) >= 11 is 0. The molecule has 1 saturated heterocycles. The first-order valence-corrected chi connectivity index (χ1v) is 9.44. The smallest absolute Gasteiger partial charge is 0.341 e. The summed E-state index contributed by atoms with van der Waals surface area (Å²) in [6.45, 7) is 7.12. The quantitative estimate of drug-likeness (QED) is 0.825. The first-order chi connectivity index (χ1) is 13.0. The highest BCUT2D eigenvalue weighted by atomic mass is 19.4. The van der Waals surface area contributed by atoms with Crippen LogP contribution in [0.25, 0.3) is 0 Å². The van der Waals surface area contributed by atoms with Crippen LogP contribution in [0.5, 0.6) is 0 Å². The number of anilines is 1. The van der Waals surface area contributed by atoms with Crippen LogP contribution in [0.1, 0.15) is 32.8 Å². The third kappa shape index (κ3) is 5.70. The van der Waals surface area contributed by atoms with Gasteiger partial charge in [0, 0.05) is 13.1 Å². The molecule has 3 atom stereocenters. The summed E-state index contributed by atoms with van der Waals surface area (Å²) in [5, 5.41) is 2.31. The average Bonchev–Trinajstić information content (AvgIpc) is 2.59. The van der Waals surface area contributed by atoms with Crippen LogP contribution >= 0.6 is 0 Å². The lowest BCUT2D eigenvalue weighted by atomic mass is 9.91. The summed E-state index contributed by atoms with van der Waals surface area (Å²) in [6, 6.07) is 4.29. The average molecular weight is 399 g/mol. The highest BCUT2D eigenvalue weighted by Crippen LogP contribution is 2.34. The molecule has 1 heterocycles. The van der Waals surface area contributed by atoms with Gasteiger partial charge in [-0.25, -0.2) is 0 Å². The molecule has 2 amide bonds. The van der Waals surface area contributed by atoms with E-state index in [0.717, 1.165) is 12.5 Å². The van der Waals surface area contributed by atoms with E-state index < -0.39 is 23.7 Å². The molecule has 0 aliphatic carbocycles. The molecule has 1 aromatic rings. The molecule has 2 rings (SSSR count). The standard InChI is InChI=1S/C20H28F3N3O2/c1-13-9-14(2)11-26(10-13)19(28)15(3)25(4)12-18(27)24-17-8-6-5-7-16(17)20(21,22)23/h5-8,13-15H,9-12H2,1-4H3,(H,24,27)/t13-,14-,15-/m1/s1. The van der Waals surface area contributed by atoms with Gasteiger partial charge in [-0.05, 0) is 44.4 Å². The van der Waals surface area contributed by atoms with E-state index in [1.165, 1.54) is 18.2 Å². The SMILES string of the molecule is C[C@@H]1C[C@@H](C)CN(C(=O)[C@@H](C)N(C)CC(=O)Nc2ccccc2C(F)(F)F)C1. The van der Waals surface area contributed by atoms with E-state index in [-0.39, 0.29) is 18.1 Å². The van der Waals surface area contributed by atoms with E-state index in [2.05, 4.69) is 19.2 Å². The third-order valence-corrected chi connectivity index (χ3v) is 5.10. The lowest BCUT2D eigenvalue weighted by molar-refractivity contribution is -0.139. The van der Waals surface area contributed by atoms with Crippen LogP contribution in [0.15, 0.2) is 24.3 Å². The molecular formula is C20H28F3N3O2. The summed E-state index contributed by atoms with van der Waals surface area (Å²) in [5.41, 5.74) is -1.18. The third-order valence-electron chi connectivity index (χ3n) is 5.10. The van der Waals surface area contributed by atoms with Gasteiger partial charge in [-0.15, -0.1) is 0 Å². The second kappa shape index (κ2) is 8.94. The molecule has 1 aliphatic rings. The maximum Gasteiger partial charge on any atom is 0.418 e. The number of hydrogen-bond acceptors (Lipinski definition) is 3. The van der Waals surface area contributed by atoms with E-state index >= 15 is 0 Å². The molecule has 1 aromatic carbocycles. The number of halogens is 3. The Bertz CT molecular complexity index is 698. The van der Waals surface area contributed by atoms with Crippen LogP contribution in [0.2, 0.25) is 0 Å². The Hall–Kier alpha value is -2.09. The number of carbonyl (C=O) groups excluding carboxylic acids is 2. The fourth-order valence-corrected chi connectivity index (χ4v) is 3.69. The monoisotopic (exact) mass is 399 g/mol.